The second-order valence-electron chi connectivity index (χ2n) is 7.50. The summed E-state index contributed by atoms with van der Waals surface area (Å²) in [5.41, 5.74) is 2.79. The van der Waals surface area contributed by atoms with Gasteiger partial charge in [-0.3, -0.25) is 9.18 Å². The van der Waals surface area contributed by atoms with Crippen molar-refractivity contribution in [1.29, 1.82) is 0 Å². The van der Waals surface area contributed by atoms with Crippen molar-refractivity contribution in [1.82, 2.24) is 14.9 Å². The summed E-state index contributed by atoms with van der Waals surface area (Å²) in [6, 6.07) is 8.07. The molecule has 0 fully saturated rings. The lowest BCUT2D eigenvalue weighted by Crippen LogP contribution is -2.31. The molecule has 32 heavy (non-hydrogen) atoms. The molecule has 0 aliphatic carbocycles. The van der Waals surface area contributed by atoms with Crippen LogP contribution in [0.4, 0.5) is 8.78 Å². The number of aromatic nitrogens is 2. The Morgan fingerprint density at radius 3 is 2.78 bits per heavy atom. The lowest BCUT2D eigenvalue weighted by Gasteiger charge is -2.27. The van der Waals surface area contributed by atoms with Crippen LogP contribution in [0.1, 0.15) is 54.5 Å². The van der Waals surface area contributed by atoms with Gasteiger partial charge in [-0.05, 0) is 44.5 Å². The average Bonchev–Trinajstić information content (AvgIpc) is 3.18. The van der Waals surface area contributed by atoms with Gasteiger partial charge in [-0.2, -0.15) is 0 Å². The van der Waals surface area contributed by atoms with E-state index in [1.807, 2.05) is 24.8 Å². The predicted octanol–water partition coefficient (Wildman–Crippen LogP) is 5.37. The van der Waals surface area contributed by atoms with Crippen molar-refractivity contribution in [3.63, 3.8) is 0 Å². The number of alkyl halides is 1. The Kier molecular flexibility index (Phi) is 7.66. The fourth-order valence-electron chi connectivity index (χ4n) is 3.88. The van der Waals surface area contributed by atoms with Gasteiger partial charge in [0, 0.05) is 36.7 Å². The van der Waals surface area contributed by atoms with E-state index in [1.54, 1.807) is 12.1 Å². The largest absolute Gasteiger partial charge is 0.493 e. The number of benzene rings is 2. The third-order valence-corrected chi connectivity index (χ3v) is 5.31. The summed E-state index contributed by atoms with van der Waals surface area (Å²) in [5, 5.41) is 0. The Morgan fingerprint density at radius 2 is 2.06 bits per heavy atom. The molecule has 3 aromatic rings. The maximum atomic E-state index is 13.6. The summed E-state index contributed by atoms with van der Waals surface area (Å²) in [4.78, 5) is 22.7. The second kappa shape index (κ2) is 10.4. The van der Waals surface area contributed by atoms with Crippen molar-refractivity contribution in [2.75, 3.05) is 26.9 Å². The Bertz CT molecular complexity index is 1080. The molecule has 0 spiro atoms. The van der Waals surface area contributed by atoms with Crippen molar-refractivity contribution < 1.29 is 23.0 Å². The first kappa shape index (κ1) is 23.5. The van der Waals surface area contributed by atoms with Crippen LogP contribution in [0, 0.1) is 12.7 Å². The van der Waals surface area contributed by atoms with Crippen LogP contribution in [0.5, 0.6) is 11.5 Å². The number of aromatic amines is 1. The van der Waals surface area contributed by atoms with Crippen molar-refractivity contribution in [2.45, 2.75) is 39.7 Å². The van der Waals surface area contributed by atoms with Crippen LogP contribution in [0.2, 0.25) is 0 Å². The Morgan fingerprint density at radius 1 is 1.28 bits per heavy atom. The number of amides is 1. The molecule has 1 aliphatic rings. The van der Waals surface area contributed by atoms with Crippen LogP contribution in [0.3, 0.4) is 0 Å². The third-order valence-electron chi connectivity index (χ3n) is 5.31. The Balaban J connectivity index is 0.00000141. The minimum absolute atomic E-state index is 0.0344. The first-order chi connectivity index (χ1) is 15.5. The van der Waals surface area contributed by atoms with Crippen molar-refractivity contribution in [2.24, 2.45) is 0 Å². The molecule has 1 aliphatic heterocycles. The molecular formula is C24H29F2N3O3. The quantitative estimate of drug-likeness (QED) is 0.554. The van der Waals surface area contributed by atoms with Gasteiger partial charge in [0.05, 0.1) is 19.3 Å². The molecule has 0 saturated carbocycles. The zero-order chi connectivity index (χ0) is 23.3. The smallest absolute Gasteiger partial charge is 0.254 e. The number of fused-ring (bicyclic) bond motifs is 2. The van der Waals surface area contributed by atoms with Crippen molar-refractivity contribution in [3.05, 3.63) is 53.1 Å². The van der Waals surface area contributed by atoms with E-state index < -0.39 is 0 Å². The van der Waals surface area contributed by atoms with Crippen LogP contribution < -0.4 is 9.47 Å². The van der Waals surface area contributed by atoms with Gasteiger partial charge < -0.3 is 19.4 Å². The van der Waals surface area contributed by atoms with E-state index in [1.165, 1.54) is 12.1 Å². The van der Waals surface area contributed by atoms with Gasteiger partial charge in [-0.25, -0.2) is 9.37 Å². The number of nitrogens with zero attached hydrogens (tertiary/aromatic N) is 2. The van der Waals surface area contributed by atoms with E-state index in [9.17, 15) is 13.6 Å². The number of imidazole rings is 1. The maximum absolute atomic E-state index is 13.6. The highest BCUT2D eigenvalue weighted by molar-refractivity contribution is 5.99. The number of halogens is 2. The summed E-state index contributed by atoms with van der Waals surface area (Å²) < 4.78 is 35.0. The van der Waals surface area contributed by atoms with Crippen molar-refractivity contribution in [3.8, 4) is 11.5 Å². The Labute approximate surface area is 186 Å². The number of nitrogens with one attached hydrogen (secondary N) is 1. The monoisotopic (exact) mass is 445 g/mol. The third kappa shape index (κ3) is 4.84. The molecule has 0 saturated heterocycles. The summed E-state index contributed by atoms with van der Waals surface area (Å²) >= 11 is 0. The first-order valence-electron chi connectivity index (χ1n) is 10.8. The molecule has 6 nitrogen and oxygen atoms in total. The molecule has 1 atom stereocenters. The van der Waals surface area contributed by atoms with Gasteiger partial charge in [0.25, 0.3) is 5.91 Å². The fraction of sp³-hybridized carbons (Fsp3) is 0.417. The number of rotatable bonds is 6. The fourth-order valence-corrected chi connectivity index (χ4v) is 3.88. The SMILES string of the molecule is CCCN(CC)C(=O)c1cc(OC2CCOc3cc(F)ccc32)c2nc(C)[nH]c2c1.CF. The van der Waals surface area contributed by atoms with Crippen molar-refractivity contribution >= 4 is 16.9 Å². The van der Waals surface area contributed by atoms with Crippen LogP contribution in [-0.4, -0.2) is 47.6 Å². The molecule has 0 radical (unpaired) electrons. The number of hydrogen-bond acceptors (Lipinski definition) is 4. The molecule has 2 heterocycles. The van der Waals surface area contributed by atoms with Gasteiger partial charge in [0.15, 0.2) is 0 Å². The van der Waals surface area contributed by atoms with Gasteiger partial charge in [0.2, 0.25) is 0 Å². The highest BCUT2D eigenvalue weighted by atomic mass is 19.1. The van der Waals surface area contributed by atoms with Gasteiger partial charge in [-0.15, -0.1) is 0 Å². The molecule has 172 valence electrons. The molecular weight excluding hydrogens is 416 g/mol. The number of H-pyrrole nitrogens is 1. The van der Waals surface area contributed by atoms with E-state index in [4.69, 9.17) is 9.47 Å². The highest BCUT2D eigenvalue weighted by Crippen LogP contribution is 2.38. The summed E-state index contributed by atoms with van der Waals surface area (Å²) in [7, 11) is 0.500. The zero-order valence-electron chi connectivity index (χ0n) is 18.9. The number of carbonyl (C=O) groups is 1. The number of carbonyl (C=O) groups excluding carboxylic acids is 1. The normalized spacial score (nSPS) is 14.8. The van der Waals surface area contributed by atoms with Crippen LogP contribution in [-0.2, 0) is 0 Å². The molecule has 1 unspecified atom stereocenters. The minimum atomic E-state index is -0.345. The highest BCUT2D eigenvalue weighted by Gasteiger charge is 2.26. The van der Waals surface area contributed by atoms with E-state index in [0.29, 0.717) is 55.9 Å². The topological polar surface area (TPSA) is 67.5 Å². The van der Waals surface area contributed by atoms with Gasteiger partial charge in [-0.1, -0.05) is 6.92 Å². The second-order valence-corrected chi connectivity index (χ2v) is 7.50. The van der Waals surface area contributed by atoms with Crippen LogP contribution >= 0.6 is 0 Å². The lowest BCUT2D eigenvalue weighted by atomic mass is 10.0. The summed E-state index contributed by atoms with van der Waals surface area (Å²) in [6.45, 7) is 7.67. The molecule has 1 N–H and O–H groups in total. The molecule has 0 bridgehead atoms. The molecule has 1 amide bonds. The molecule has 1 aromatic heterocycles. The average molecular weight is 446 g/mol. The predicted molar refractivity (Wildman–Crippen MR) is 120 cm³/mol. The number of aryl methyl sites for hydroxylation is 1. The minimum Gasteiger partial charge on any atom is -0.493 e. The van der Waals surface area contributed by atoms with E-state index in [-0.39, 0.29) is 17.8 Å². The molecule has 4 rings (SSSR count). The zero-order valence-corrected chi connectivity index (χ0v) is 18.9. The number of ether oxygens (including phenoxy) is 2. The number of hydrogen-bond donors (Lipinski definition) is 1. The lowest BCUT2D eigenvalue weighted by molar-refractivity contribution is 0.0763. The van der Waals surface area contributed by atoms with Crippen LogP contribution in [0.15, 0.2) is 30.3 Å². The van der Waals surface area contributed by atoms with Gasteiger partial charge >= 0.3 is 0 Å². The standard InChI is InChI=1S/C23H26FN3O3.CH3F/c1-4-9-27(5-2)23(28)15-11-18-22(26-14(3)25-18)21(12-15)30-19-8-10-29-20-13-16(24)6-7-17(19)20;1-2/h6-7,11-13,19H,4-5,8-10H2,1-3H3,(H,25,26);1H3. The summed E-state index contributed by atoms with van der Waals surface area (Å²) in [6.07, 6.45) is 1.21. The van der Waals surface area contributed by atoms with Crippen LogP contribution in [0.25, 0.3) is 11.0 Å². The van der Waals surface area contributed by atoms with Gasteiger partial charge in [0.1, 0.15) is 34.8 Å². The van der Waals surface area contributed by atoms with E-state index in [2.05, 4.69) is 16.9 Å². The summed E-state index contributed by atoms with van der Waals surface area (Å²) in [5.74, 6) is 1.40. The Hall–Kier alpha value is -3.16. The maximum Gasteiger partial charge on any atom is 0.254 e. The molecule has 2 aromatic carbocycles. The van der Waals surface area contributed by atoms with E-state index >= 15 is 0 Å². The van der Waals surface area contributed by atoms with E-state index in [0.717, 1.165) is 23.3 Å². The molecule has 8 heteroatoms. The first-order valence-corrected chi connectivity index (χ1v) is 10.8.